The normalized spacial score (nSPS) is 15.8. The first-order valence-corrected chi connectivity index (χ1v) is 12.8. The van der Waals surface area contributed by atoms with E-state index >= 15 is 0 Å². The molecule has 0 bridgehead atoms. The van der Waals surface area contributed by atoms with E-state index in [0.29, 0.717) is 22.2 Å². The van der Waals surface area contributed by atoms with Gasteiger partial charge in [0.25, 0.3) is 0 Å². The molecule has 4 nitrogen and oxygen atoms in total. The van der Waals surface area contributed by atoms with Crippen molar-refractivity contribution in [1.29, 1.82) is 0 Å². The quantitative estimate of drug-likeness (QED) is 0.283. The molecule has 1 N–H and O–H groups in total. The van der Waals surface area contributed by atoms with Crippen LogP contribution in [0.4, 0.5) is 4.39 Å². The lowest BCUT2D eigenvalue weighted by Crippen LogP contribution is -2.28. The highest BCUT2D eigenvalue weighted by molar-refractivity contribution is 6.35. The van der Waals surface area contributed by atoms with Crippen LogP contribution in [0.1, 0.15) is 55.0 Å². The second kappa shape index (κ2) is 10.5. The van der Waals surface area contributed by atoms with Crippen LogP contribution in [0.2, 0.25) is 10.0 Å². The molecular formula is C29H26Cl2FN3O. The van der Waals surface area contributed by atoms with E-state index in [9.17, 15) is 9.18 Å². The highest BCUT2D eigenvalue weighted by Crippen LogP contribution is 2.41. The van der Waals surface area contributed by atoms with E-state index in [1.54, 1.807) is 24.3 Å². The van der Waals surface area contributed by atoms with Crippen molar-refractivity contribution >= 4 is 29.1 Å². The largest absolute Gasteiger partial charge is 0.350 e. The van der Waals surface area contributed by atoms with Crippen molar-refractivity contribution in [1.82, 2.24) is 15.1 Å². The topological polar surface area (TPSA) is 46.9 Å². The number of nitrogens with one attached hydrogen (secondary N) is 1. The standard InChI is InChI=1S/C29H26Cl2FN3O/c1-18(19-6-3-2-4-7-19)33-27(36)16-21-8-5-9-24-28(21)34-35(26-15-12-22(30)17-25(26)31)29(24)20-10-13-23(32)14-11-20/h2-4,6-7,10-15,17-18,21H,5,8-9,16H2,1H3,(H,33,36)/t18-,21-/m1/s1. The van der Waals surface area contributed by atoms with Crippen molar-refractivity contribution in [2.24, 2.45) is 0 Å². The fourth-order valence-corrected chi connectivity index (χ4v) is 5.47. The Morgan fingerprint density at radius 1 is 1.11 bits per heavy atom. The van der Waals surface area contributed by atoms with Crippen LogP contribution in [0.3, 0.4) is 0 Å². The number of carbonyl (C=O) groups excluding carboxylic acids is 1. The van der Waals surface area contributed by atoms with Gasteiger partial charge in [-0.05, 0) is 74.2 Å². The number of aromatic nitrogens is 2. The Morgan fingerprint density at radius 3 is 2.58 bits per heavy atom. The molecule has 0 saturated carbocycles. The first-order chi connectivity index (χ1) is 17.4. The van der Waals surface area contributed by atoms with E-state index in [-0.39, 0.29) is 23.7 Å². The molecule has 1 amide bonds. The summed E-state index contributed by atoms with van der Waals surface area (Å²) in [6.45, 7) is 1.99. The molecule has 1 aliphatic carbocycles. The minimum Gasteiger partial charge on any atom is -0.350 e. The zero-order valence-corrected chi connectivity index (χ0v) is 21.4. The van der Waals surface area contributed by atoms with Gasteiger partial charge in [-0.3, -0.25) is 4.79 Å². The fraction of sp³-hybridized carbons (Fsp3) is 0.241. The molecule has 0 unspecified atom stereocenters. The van der Waals surface area contributed by atoms with E-state index < -0.39 is 0 Å². The van der Waals surface area contributed by atoms with Gasteiger partial charge in [0.1, 0.15) is 5.82 Å². The molecule has 4 aromatic rings. The molecule has 1 aliphatic rings. The first kappa shape index (κ1) is 24.5. The van der Waals surface area contributed by atoms with Gasteiger partial charge < -0.3 is 5.32 Å². The maximum Gasteiger partial charge on any atom is 0.221 e. The Hall–Kier alpha value is -3.15. The van der Waals surface area contributed by atoms with Crippen LogP contribution < -0.4 is 5.32 Å². The third-order valence-corrected chi connectivity index (χ3v) is 7.28. The second-order valence-corrected chi connectivity index (χ2v) is 10.1. The fourth-order valence-electron chi connectivity index (χ4n) is 4.98. The Morgan fingerprint density at radius 2 is 1.86 bits per heavy atom. The van der Waals surface area contributed by atoms with Crippen LogP contribution >= 0.6 is 23.2 Å². The van der Waals surface area contributed by atoms with Crippen molar-refractivity contribution in [2.75, 3.05) is 0 Å². The van der Waals surface area contributed by atoms with E-state index in [2.05, 4.69) is 5.32 Å². The van der Waals surface area contributed by atoms with Crippen LogP contribution in [-0.4, -0.2) is 15.7 Å². The van der Waals surface area contributed by atoms with E-state index in [1.165, 1.54) is 12.1 Å². The van der Waals surface area contributed by atoms with Crippen molar-refractivity contribution < 1.29 is 9.18 Å². The third-order valence-electron chi connectivity index (χ3n) is 6.75. The summed E-state index contributed by atoms with van der Waals surface area (Å²) in [5.74, 6) is -0.333. The van der Waals surface area contributed by atoms with Gasteiger partial charge in [-0.25, -0.2) is 9.07 Å². The molecule has 36 heavy (non-hydrogen) atoms. The zero-order valence-electron chi connectivity index (χ0n) is 19.8. The molecule has 5 rings (SSSR count). The number of halogens is 3. The molecule has 1 aromatic heterocycles. The summed E-state index contributed by atoms with van der Waals surface area (Å²) in [4.78, 5) is 13.0. The van der Waals surface area contributed by atoms with Crippen molar-refractivity contribution in [3.8, 4) is 16.9 Å². The van der Waals surface area contributed by atoms with Gasteiger partial charge in [0.15, 0.2) is 0 Å². The highest BCUT2D eigenvalue weighted by atomic mass is 35.5. The van der Waals surface area contributed by atoms with Crippen LogP contribution in [0.25, 0.3) is 16.9 Å². The molecule has 184 valence electrons. The summed E-state index contributed by atoms with van der Waals surface area (Å²) in [7, 11) is 0. The Bertz CT molecular complexity index is 1390. The summed E-state index contributed by atoms with van der Waals surface area (Å²) in [6, 6.07) is 21.5. The SMILES string of the molecule is C[C@@H](NC(=O)C[C@H]1CCCc2c1nn(-c1ccc(Cl)cc1Cl)c2-c1ccc(F)cc1)c1ccccc1. The Balaban J connectivity index is 1.50. The van der Waals surface area contributed by atoms with Crippen LogP contribution in [0.5, 0.6) is 0 Å². The van der Waals surface area contributed by atoms with Gasteiger partial charge in [0, 0.05) is 28.5 Å². The molecule has 3 aromatic carbocycles. The molecule has 0 radical (unpaired) electrons. The highest BCUT2D eigenvalue weighted by Gasteiger charge is 2.31. The Kier molecular flexibility index (Phi) is 7.13. The van der Waals surface area contributed by atoms with Gasteiger partial charge in [-0.1, -0.05) is 53.5 Å². The summed E-state index contributed by atoms with van der Waals surface area (Å²) in [5.41, 5.74) is 5.45. The number of hydrogen-bond donors (Lipinski definition) is 1. The third kappa shape index (κ3) is 5.04. The van der Waals surface area contributed by atoms with Crippen LogP contribution in [0, 0.1) is 5.82 Å². The number of carbonyl (C=O) groups is 1. The molecule has 0 aliphatic heterocycles. The summed E-state index contributed by atoms with van der Waals surface area (Å²) >= 11 is 12.7. The monoisotopic (exact) mass is 521 g/mol. The maximum atomic E-state index is 13.7. The molecular weight excluding hydrogens is 496 g/mol. The average Bonchev–Trinajstić information content (AvgIpc) is 3.25. The van der Waals surface area contributed by atoms with Crippen molar-refractivity contribution in [3.63, 3.8) is 0 Å². The van der Waals surface area contributed by atoms with Crippen molar-refractivity contribution in [3.05, 3.63) is 105 Å². The predicted octanol–water partition coefficient (Wildman–Crippen LogP) is 7.67. The van der Waals surface area contributed by atoms with Gasteiger partial charge in [0.05, 0.1) is 28.1 Å². The molecule has 7 heteroatoms. The Labute approximate surface area is 220 Å². The number of benzene rings is 3. The van der Waals surface area contributed by atoms with Crippen molar-refractivity contribution in [2.45, 2.75) is 44.6 Å². The smallest absolute Gasteiger partial charge is 0.221 e. The number of amides is 1. The minimum atomic E-state index is -0.301. The predicted molar refractivity (Wildman–Crippen MR) is 142 cm³/mol. The second-order valence-electron chi connectivity index (χ2n) is 9.22. The molecule has 0 saturated heterocycles. The summed E-state index contributed by atoms with van der Waals surface area (Å²) in [5, 5.41) is 9.13. The average molecular weight is 522 g/mol. The molecule has 0 spiro atoms. The number of nitrogens with zero attached hydrogens (tertiary/aromatic N) is 2. The lowest BCUT2D eigenvalue weighted by molar-refractivity contribution is -0.122. The lowest BCUT2D eigenvalue weighted by atomic mass is 9.83. The summed E-state index contributed by atoms with van der Waals surface area (Å²) < 4.78 is 15.5. The number of fused-ring (bicyclic) bond motifs is 1. The lowest BCUT2D eigenvalue weighted by Gasteiger charge is -2.22. The summed E-state index contributed by atoms with van der Waals surface area (Å²) in [6.07, 6.45) is 2.98. The van der Waals surface area contributed by atoms with Crippen LogP contribution in [-0.2, 0) is 11.2 Å². The van der Waals surface area contributed by atoms with E-state index in [0.717, 1.165) is 47.3 Å². The van der Waals surface area contributed by atoms with Gasteiger partial charge in [-0.2, -0.15) is 5.10 Å². The minimum absolute atomic E-state index is 0.00777. The van der Waals surface area contributed by atoms with Gasteiger partial charge in [-0.15, -0.1) is 0 Å². The first-order valence-electron chi connectivity index (χ1n) is 12.1. The zero-order chi connectivity index (χ0) is 25.2. The number of hydrogen-bond acceptors (Lipinski definition) is 2. The van der Waals surface area contributed by atoms with E-state index in [1.807, 2.05) is 48.0 Å². The number of rotatable bonds is 6. The van der Waals surface area contributed by atoms with Gasteiger partial charge in [0.2, 0.25) is 5.91 Å². The van der Waals surface area contributed by atoms with Gasteiger partial charge >= 0.3 is 0 Å². The molecule has 2 atom stereocenters. The molecule has 0 fully saturated rings. The maximum absolute atomic E-state index is 13.7. The molecule has 1 heterocycles. The van der Waals surface area contributed by atoms with Crippen LogP contribution in [0.15, 0.2) is 72.8 Å². The van der Waals surface area contributed by atoms with E-state index in [4.69, 9.17) is 28.3 Å².